The molecule has 0 aliphatic carbocycles. The van der Waals surface area contributed by atoms with Crippen LogP contribution in [0.2, 0.25) is 0 Å². The molecule has 1 heterocycles. The molecule has 2 rings (SSSR count). The Kier molecular flexibility index (Phi) is 3.27. The molecule has 1 aromatic rings. The maximum absolute atomic E-state index is 10.9. The number of aliphatic carboxylic acids is 1. The lowest BCUT2D eigenvalue weighted by Gasteiger charge is -2.16. The van der Waals surface area contributed by atoms with E-state index in [9.17, 15) is 9.59 Å². The summed E-state index contributed by atoms with van der Waals surface area (Å²) in [7, 11) is 0. The quantitative estimate of drug-likeness (QED) is 0.732. The van der Waals surface area contributed by atoms with Crippen molar-refractivity contribution in [1.29, 1.82) is 0 Å². The van der Waals surface area contributed by atoms with E-state index in [2.05, 4.69) is 5.32 Å². The fraction of sp³-hybridized carbons (Fsp3) is 0.333. The summed E-state index contributed by atoms with van der Waals surface area (Å²) in [5.41, 5.74) is 1.08. The van der Waals surface area contributed by atoms with E-state index in [1.807, 2.05) is 24.3 Å². The normalized spacial score (nSPS) is 18.9. The summed E-state index contributed by atoms with van der Waals surface area (Å²) >= 11 is 0. The van der Waals surface area contributed by atoms with Gasteiger partial charge in [0.1, 0.15) is 17.9 Å². The predicted molar refractivity (Wildman–Crippen MR) is 59.8 cm³/mol. The first-order chi connectivity index (χ1) is 8.20. The number of rotatable bonds is 5. The van der Waals surface area contributed by atoms with E-state index in [1.54, 1.807) is 0 Å². The second kappa shape index (κ2) is 4.86. The lowest BCUT2D eigenvalue weighted by Crippen LogP contribution is -2.39. The number of hydrogen-bond donors (Lipinski definition) is 2. The van der Waals surface area contributed by atoms with Crippen LogP contribution in [0.4, 0.5) is 0 Å². The zero-order chi connectivity index (χ0) is 12.3. The van der Waals surface area contributed by atoms with Gasteiger partial charge in [-0.2, -0.15) is 0 Å². The summed E-state index contributed by atoms with van der Waals surface area (Å²) in [6, 6.07) is 6.71. The van der Waals surface area contributed by atoms with E-state index in [4.69, 9.17) is 9.84 Å². The molecule has 0 radical (unpaired) electrons. The molecule has 0 saturated carbocycles. The van der Waals surface area contributed by atoms with Crippen LogP contribution in [-0.4, -0.2) is 29.6 Å². The Balaban J connectivity index is 1.98. The van der Waals surface area contributed by atoms with Crippen LogP contribution in [0, 0.1) is 0 Å². The maximum atomic E-state index is 10.9. The van der Waals surface area contributed by atoms with E-state index >= 15 is 0 Å². The Morgan fingerprint density at radius 2 is 2.35 bits per heavy atom. The second-order valence-corrected chi connectivity index (χ2v) is 3.96. The molecule has 0 aromatic heterocycles. The van der Waals surface area contributed by atoms with Gasteiger partial charge in [-0.25, -0.2) is 4.79 Å². The van der Waals surface area contributed by atoms with Crippen molar-refractivity contribution in [1.82, 2.24) is 5.32 Å². The van der Waals surface area contributed by atoms with E-state index < -0.39 is 12.0 Å². The minimum absolute atomic E-state index is 0.194. The van der Waals surface area contributed by atoms with Crippen molar-refractivity contribution in [3.63, 3.8) is 0 Å². The summed E-state index contributed by atoms with van der Waals surface area (Å²) in [5.74, 6) is -0.246. The van der Waals surface area contributed by atoms with Gasteiger partial charge in [-0.05, 0) is 11.6 Å². The van der Waals surface area contributed by atoms with Crippen molar-refractivity contribution in [2.75, 3.05) is 0 Å². The molecule has 5 heteroatoms. The summed E-state index contributed by atoms with van der Waals surface area (Å²) < 4.78 is 5.61. The first-order valence-corrected chi connectivity index (χ1v) is 5.37. The van der Waals surface area contributed by atoms with Gasteiger partial charge >= 0.3 is 5.97 Å². The number of para-hydroxylation sites is 1. The molecule has 0 saturated heterocycles. The molecule has 5 nitrogen and oxygen atoms in total. The van der Waals surface area contributed by atoms with Crippen molar-refractivity contribution in [3.8, 4) is 5.75 Å². The van der Waals surface area contributed by atoms with Crippen LogP contribution in [0.1, 0.15) is 12.0 Å². The molecule has 17 heavy (non-hydrogen) atoms. The van der Waals surface area contributed by atoms with E-state index in [-0.39, 0.29) is 12.5 Å². The number of fused-ring (bicyclic) bond motifs is 1. The Bertz CT molecular complexity index is 407. The molecule has 1 amide bonds. The lowest BCUT2D eigenvalue weighted by atomic mass is 10.0. The zero-order valence-electron chi connectivity index (χ0n) is 9.13. The van der Waals surface area contributed by atoms with Crippen LogP contribution in [0.5, 0.6) is 5.75 Å². The van der Waals surface area contributed by atoms with Gasteiger partial charge in [0.25, 0.3) is 0 Å². The highest BCUT2D eigenvalue weighted by molar-refractivity contribution is 5.76. The second-order valence-electron chi connectivity index (χ2n) is 3.96. The Morgan fingerprint density at radius 1 is 1.59 bits per heavy atom. The third kappa shape index (κ3) is 2.55. The Hall–Kier alpha value is -2.04. The van der Waals surface area contributed by atoms with Gasteiger partial charge in [0.05, 0.1) is 0 Å². The third-order valence-electron chi connectivity index (χ3n) is 2.78. The smallest absolute Gasteiger partial charge is 0.326 e. The van der Waals surface area contributed by atoms with Gasteiger partial charge < -0.3 is 15.2 Å². The number of benzene rings is 1. The molecule has 0 bridgehead atoms. The van der Waals surface area contributed by atoms with Gasteiger partial charge in [0.2, 0.25) is 6.41 Å². The monoisotopic (exact) mass is 235 g/mol. The molecule has 1 aliphatic rings. The molecule has 2 N–H and O–H groups in total. The van der Waals surface area contributed by atoms with Crippen molar-refractivity contribution in [2.24, 2.45) is 0 Å². The fourth-order valence-corrected chi connectivity index (χ4v) is 1.97. The van der Waals surface area contributed by atoms with Crippen molar-refractivity contribution in [2.45, 2.75) is 25.0 Å². The van der Waals surface area contributed by atoms with Crippen molar-refractivity contribution < 1.29 is 19.4 Å². The molecule has 1 aliphatic heterocycles. The number of amides is 1. The lowest BCUT2D eigenvalue weighted by molar-refractivity contribution is -0.141. The highest BCUT2D eigenvalue weighted by Gasteiger charge is 2.28. The minimum Gasteiger partial charge on any atom is -0.490 e. The highest BCUT2D eigenvalue weighted by atomic mass is 16.5. The first kappa shape index (κ1) is 11.4. The number of carboxylic acids is 1. The van der Waals surface area contributed by atoms with Gasteiger partial charge in [0, 0.05) is 12.8 Å². The number of nitrogens with one attached hydrogen (secondary N) is 1. The van der Waals surface area contributed by atoms with Crippen molar-refractivity contribution >= 4 is 12.4 Å². The van der Waals surface area contributed by atoms with Gasteiger partial charge in [0.15, 0.2) is 0 Å². The van der Waals surface area contributed by atoms with Gasteiger partial charge in [-0.15, -0.1) is 0 Å². The molecular weight excluding hydrogens is 222 g/mol. The predicted octanol–water partition coefficient (Wildman–Crippen LogP) is 0.579. The number of hydrogen-bond acceptors (Lipinski definition) is 3. The number of carbonyl (C=O) groups excluding carboxylic acids is 1. The molecule has 0 fully saturated rings. The average Bonchev–Trinajstić information content (AvgIpc) is 2.70. The number of carboxylic acid groups (broad SMARTS) is 1. The highest BCUT2D eigenvalue weighted by Crippen LogP contribution is 2.29. The molecule has 2 unspecified atom stereocenters. The molecule has 2 atom stereocenters. The number of carbonyl (C=O) groups is 2. The standard InChI is InChI=1S/C12H13NO4/c14-7-13-10(12(15)16)6-9-5-8-3-1-2-4-11(8)17-9/h1-4,7,9-10H,5-6H2,(H,13,14)(H,15,16). The average molecular weight is 235 g/mol. The molecule has 0 spiro atoms. The van der Waals surface area contributed by atoms with Gasteiger partial charge in [-0.3, -0.25) is 4.79 Å². The summed E-state index contributed by atoms with van der Waals surface area (Å²) in [6.45, 7) is 0. The number of ether oxygens (including phenoxy) is 1. The summed E-state index contributed by atoms with van der Waals surface area (Å²) in [6.07, 6.45) is 1.16. The van der Waals surface area contributed by atoms with Gasteiger partial charge in [-0.1, -0.05) is 18.2 Å². The van der Waals surface area contributed by atoms with Crippen LogP contribution in [0.15, 0.2) is 24.3 Å². The van der Waals surface area contributed by atoms with Crippen LogP contribution < -0.4 is 10.1 Å². The van der Waals surface area contributed by atoms with E-state index in [1.165, 1.54) is 0 Å². The molecular formula is C12H13NO4. The van der Waals surface area contributed by atoms with Crippen LogP contribution in [0.25, 0.3) is 0 Å². The van der Waals surface area contributed by atoms with Crippen molar-refractivity contribution in [3.05, 3.63) is 29.8 Å². The summed E-state index contributed by atoms with van der Waals surface area (Å²) in [4.78, 5) is 21.2. The first-order valence-electron chi connectivity index (χ1n) is 5.37. The molecule has 1 aromatic carbocycles. The van der Waals surface area contributed by atoms with E-state index in [0.29, 0.717) is 12.8 Å². The van der Waals surface area contributed by atoms with Crippen LogP contribution in [-0.2, 0) is 16.0 Å². The minimum atomic E-state index is -1.04. The van der Waals surface area contributed by atoms with Crippen LogP contribution in [0.3, 0.4) is 0 Å². The SMILES string of the molecule is O=CNC(CC1Cc2ccccc2O1)C(=O)O. The Labute approximate surface area is 98.4 Å². The Morgan fingerprint density at radius 3 is 3.00 bits per heavy atom. The zero-order valence-corrected chi connectivity index (χ0v) is 9.13. The molecule has 90 valence electrons. The third-order valence-corrected chi connectivity index (χ3v) is 2.78. The van der Waals surface area contributed by atoms with Crippen LogP contribution >= 0.6 is 0 Å². The fourth-order valence-electron chi connectivity index (χ4n) is 1.97. The largest absolute Gasteiger partial charge is 0.490 e. The summed E-state index contributed by atoms with van der Waals surface area (Å²) in [5, 5.41) is 11.2. The topological polar surface area (TPSA) is 75.6 Å². The maximum Gasteiger partial charge on any atom is 0.326 e. The van der Waals surface area contributed by atoms with E-state index in [0.717, 1.165) is 11.3 Å².